The van der Waals surface area contributed by atoms with Gasteiger partial charge in [-0.1, -0.05) is 25.5 Å². The second-order valence-corrected chi connectivity index (χ2v) is 6.90. The average molecular weight is 387 g/mol. The number of aromatic nitrogens is 3. The lowest BCUT2D eigenvalue weighted by Gasteiger charge is -2.12. The predicted molar refractivity (Wildman–Crippen MR) is 116 cm³/mol. The van der Waals surface area contributed by atoms with Crippen LogP contribution in [0.2, 0.25) is 0 Å². The van der Waals surface area contributed by atoms with Crippen molar-refractivity contribution in [1.82, 2.24) is 14.5 Å². The molecule has 0 atom stereocenters. The lowest BCUT2D eigenvalue weighted by atomic mass is 10.00. The van der Waals surface area contributed by atoms with Crippen molar-refractivity contribution in [2.75, 3.05) is 14.2 Å². The first-order valence-electron chi connectivity index (χ1n) is 9.90. The highest BCUT2D eigenvalue weighted by Gasteiger charge is 2.23. The van der Waals surface area contributed by atoms with Gasteiger partial charge in [-0.25, -0.2) is 9.97 Å². The van der Waals surface area contributed by atoms with E-state index in [0.717, 1.165) is 47.5 Å². The number of para-hydroxylation sites is 1. The van der Waals surface area contributed by atoms with E-state index in [9.17, 15) is 0 Å². The maximum atomic E-state index is 5.74. The standard InChI is InChI=1S/C24H25N3O2/c1-4-5-8-19-20-9-6-10-21(29-3)23(20)27(24-25-15-7-16-26-24)22(19)17-11-13-18(28-2)14-12-17/h6-7,9-16H,4-5,8H2,1-3H3. The highest BCUT2D eigenvalue weighted by Crippen LogP contribution is 2.40. The molecular formula is C24H25N3O2. The maximum Gasteiger partial charge on any atom is 0.234 e. The molecule has 0 aliphatic heterocycles. The van der Waals surface area contributed by atoms with E-state index in [0.29, 0.717) is 5.95 Å². The van der Waals surface area contributed by atoms with E-state index < -0.39 is 0 Å². The van der Waals surface area contributed by atoms with Crippen LogP contribution in [0.15, 0.2) is 60.9 Å². The SMILES string of the molecule is CCCCc1c(-c2ccc(OC)cc2)n(-c2ncccn2)c2c(OC)cccc12. The van der Waals surface area contributed by atoms with Crippen LogP contribution < -0.4 is 9.47 Å². The summed E-state index contributed by atoms with van der Waals surface area (Å²) in [5.74, 6) is 2.28. The Morgan fingerprint density at radius 1 is 0.897 bits per heavy atom. The number of unbranched alkanes of at least 4 members (excludes halogenated alkanes) is 1. The second kappa shape index (κ2) is 8.35. The van der Waals surface area contributed by atoms with Crippen molar-refractivity contribution in [3.63, 3.8) is 0 Å². The largest absolute Gasteiger partial charge is 0.497 e. The van der Waals surface area contributed by atoms with Gasteiger partial charge in [0.15, 0.2) is 0 Å². The molecule has 0 saturated heterocycles. The highest BCUT2D eigenvalue weighted by molar-refractivity contribution is 5.97. The first kappa shape index (κ1) is 19.0. The first-order chi connectivity index (χ1) is 14.3. The summed E-state index contributed by atoms with van der Waals surface area (Å²) in [5.41, 5.74) is 4.49. The third kappa shape index (κ3) is 3.44. The first-order valence-corrected chi connectivity index (χ1v) is 9.90. The molecule has 5 heteroatoms. The number of fused-ring (bicyclic) bond motifs is 1. The van der Waals surface area contributed by atoms with E-state index >= 15 is 0 Å². The minimum absolute atomic E-state index is 0.635. The Bertz CT molecular complexity index is 1100. The molecule has 0 aliphatic carbocycles. The fourth-order valence-electron chi connectivity index (χ4n) is 3.80. The normalized spacial score (nSPS) is 11.0. The quantitative estimate of drug-likeness (QED) is 0.423. The molecule has 5 nitrogen and oxygen atoms in total. The van der Waals surface area contributed by atoms with Crippen LogP contribution in [-0.2, 0) is 6.42 Å². The molecule has 0 bridgehead atoms. The molecule has 4 rings (SSSR count). The molecule has 0 spiro atoms. The summed E-state index contributed by atoms with van der Waals surface area (Å²) in [4.78, 5) is 9.12. The summed E-state index contributed by atoms with van der Waals surface area (Å²) < 4.78 is 13.2. The van der Waals surface area contributed by atoms with Crippen molar-refractivity contribution in [3.05, 3.63) is 66.5 Å². The average Bonchev–Trinajstić information content (AvgIpc) is 3.12. The Balaban J connectivity index is 2.09. The van der Waals surface area contributed by atoms with Gasteiger partial charge in [-0.05, 0) is 60.4 Å². The molecule has 4 aromatic rings. The Kier molecular flexibility index (Phi) is 5.47. The molecule has 0 amide bonds. The van der Waals surface area contributed by atoms with Crippen LogP contribution in [0, 0.1) is 0 Å². The second-order valence-electron chi connectivity index (χ2n) is 6.90. The number of aryl methyl sites for hydroxylation is 1. The minimum Gasteiger partial charge on any atom is -0.497 e. The zero-order valence-electron chi connectivity index (χ0n) is 17.1. The molecule has 2 aromatic heterocycles. The summed E-state index contributed by atoms with van der Waals surface area (Å²) in [6.45, 7) is 2.22. The van der Waals surface area contributed by atoms with Crippen molar-refractivity contribution in [2.24, 2.45) is 0 Å². The molecule has 2 aromatic carbocycles. The number of benzene rings is 2. The van der Waals surface area contributed by atoms with Crippen LogP contribution in [0.5, 0.6) is 11.5 Å². The number of hydrogen-bond donors (Lipinski definition) is 0. The molecule has 0 unspecified atom stereocenters. The van der Waals surface area contributed by atoms with Crippen molar-refractivity contribution in [1.29, 1.82) is 0 Å². The van der Waals surface area contributed by atoms with Gasteiger partial charge in [0.05, 0.1) is 25.4 Å². The molecule has 2 heterocycles. The summed E-state index contributed by atoms with van der Waals surface area (Å²) in [5, 5.41) is 1.18. The number of ether oxygens (including phenoxy) is 2. The zero-order chi connectivity index (χ0) is 20.2. The van der Waals surface area contributed by atoms with Crippen molar-refractivity contribution < 1.29 is 9.47 Å². The van der Waals surface area contributed by atoms with Gasteiger partial charge in [0.1, 0.15) is 11.5 Å². The number of methoxy groups -OCH3 is 2. The van der Waals surface area contributed by atoms with Crippen LogP contribution in [0.4, 0.5) is 0 Å². The van der Waals surface area contributed by atoms with Gasteiger partial charge in [0, 0.05) is 17.8 Å². The maximum absolute atomic E-state index is 5.74. The van der Waals surface area contributed by atoms with Gasteiger partial charge in [-0.2, -0.15) is 0 Å². The molecule has 29 heavy (non-hydrogen) atoms. The van der Waals surface area contributed by atoms with Crippen molar-refractivity contribution in [3.8, 4) is 28.7 Å². The van der Waals surface area contributed by atoms with Crippen LogP contribution in [0.25, 0.3) is 28.1 Å². The Morgan fingerprint density at radius 3 is 2.31 bits per heavy atom. The zero-order valence-corrected chi connectivity index (χ0v) is 17.1. The molecule has 0 saturated carbocycles. The molecule has 0 radical (unpaired) electrons. The smallest absolute Gasteiger partial charge is 0.234 e. The lowest BCUT2D eigenvalue weighted by Crippen LogP contribution is -2.04. The summed E-state index contributed by atoms with van der Waals surface area (Å²) in [6, 6.07) is 16.2. The van der Waals surface area contributed by atoms with Crippen LogP contribution in [-0.4, -0.2) is 28.8 Å². The van der Waals surface area contributed by atoms with E-state index in [2.05, 4.69) is 39.7 Å². The van der Waals surface area contributed by atoms with E-state index in [1.807, 2.05) is 30.3 Å². The molecule has 0 fully saturated rings. The molecule has 148 valence electrons. The van der Waals surface area contributed by atoms with Gasteiger partial charge in [0.2, 0.25) is 5.95 Å². The van der Waals surface area contributed by atoms with Gasteiger partial charge in [-0.3, -0.25) is 4.57 Å². The van der Waals surface area contributed by atoms with Gasteiger partial charge >= 0.3 is 0 Å². The van der Waals surface area contributed by atoms with Gasteiger partial charge in [0.25, 0.3) is 0 Å². The fraction of sp³-hybridized carbons (Fsp3) is 0.250. The molecule has 0 aliphatic rings. The van der Waals surface area contributed by atoms with E-state index in [4.69, 9.17) is 9.47 Å². The third-order valence-electron chi connectivity index (χ3n) is 5.17. The third-order valence-corrected chi connectivity index (χ3v) is 5.17. The summed E-state index contributed by atoms with van der Waals surface area (Å²) >= 11 is 0. The lowest BCUT2D eigenvalue weighted by molar-refractivity contribution is 0.415. The van der Waals surface area contributed by atoms with Crippen molar-refractivity contribution in [2.45, 2.75) is 26.2 Å². The Labute approximate surface area is 171 Å². The van der Waals surface area contributed by atoms with Gasteiger partial charge in [-0.15, -0.1) is 0 Å². The predicted octanol–water partition coefficient (Wildman–Crippen LogP) is 5.45. The number of nitrogens with zero attached hydrogens (tertiary/aromatic N) is 3. The van der Waals surface area contributed by atoms with Crippen LogP contribution in [0.1, 0.15) is 25.3 Å². The molecular weight excluding hydrogens is 362 g/mol. The van der Waals surface area contributed by atoms with E-state index in [1.165, 1.54) is 10.9 Å². The van der Waals surface area contributed by atoms with Crippen LogP contribution >= 0.6 is 0 Å². The highest BCUT2D eigenvalue weighted by atomic mass is 16.5. The fourth-order valence-corrected chi connectivity index (χ4v) is 3.80. The number of hydrogen-bond acceptors (Lipinski definition) is 4. The van der Waals surface area contributed by atoms with E-state index in [1.54, 1.807) is 26.6 Å². The number of rotatable bonds is 7. The van der Waals surface area contributed by atoms with Crippen molar-refractivity contribution >= 4 is 10.9 Å². The van der Waals surface area contributed by atoms with Gasteiger partial charge < -0.3 is 9.47 Å². The minimum atomic E-state index is 0.635. The topological polar surface area (TPSA) is 49.2 Å². The van der Waals surface area contributed by atoms with E-state index in [-0.39, 0.29) is 0 Å². The van der Waals surface area contributed by atoms with Crippen LogP contribution in [0.3, 0.4) is 0 Å². The summed E-state index contributed by atoms with van der Waals surface area (Å²) in [6.07, 6.45) is 6.75. The molecule has 0 N–H and O–H groups in total. The monoisotopic (exact) mass is 387 g/mol. The Morgan fingerprint density at radius 2 is 1.66 bits per heavy atom. The Hall–Kier alpha value is -3.34. The summed E-state index contributed by atoms with van der Waals surface area (Å²) in [7, 11) is 3.39.